The van der Waals surface area contributed by atoms with Crippen LogP contribution in [0, 0.1) is 0 Å². The topological polar surface area (TPSA) is 51.2 Å². The highest BCUT2D eigenvalue weighted by atomic mass is 16.5. The Kier molecular flexibility index (Phi) is 8.64. The average molecular weight is 429 g/mol. The van der Waals surface area contributed by atoms with Crippen LogP contribution in [0.25, 0.3) is 0 Å². The standard InChI is InChI=1S/C25H40N4O2/c30-18-15-28-13-11-27(12-14-28)10-9-26-21-22-1-3-23(4-2-22)24-5-7-25(8-6-24)29-16-19-31-20-17-29/h5-8,21,23,26,30H,1-4,9-20H2. The van der Waals surface area contributed by atoms with Gasteiger partial charge in [-0.05, 0) is 55.5 Å². The molecule has 1 aliphatic carbocycles. The van der Waals surface area contributed by atoms with Gasteiger partial charge in [-0.1, -0.05) is 17.7 Å². The molecule has 6 heteroatoms. The number of anilines is 1. The van der Waals surface area contributed by atoms with Crippen molar-refractivity contribution in [2.75, 3.05) is 83.6 Å². The minimum atomic E-state index is 0.274. The first kappa shape index (κ1) is 22.6. The van der Waals surface area contributed by atoms with Gasteiger partial charge in [-0.25, -0.2) is 0 Å². The van der Waals surface area contributed by atoms with Crippen LogP contribution < -0.4 is 10.2 Å². The first-order valence-corrected chi connectivity index (χ1v) is 12.2. The minimum Gasteiger partial charge on any atom is -0.395 e. The van der Waals surface area contributed by atoms with Gasteiger partial charge in [-0.15, -0.1) is 0 Å². The number of allylic oxidation sites excluding steroid dienone is 1. The smallest absolute Gasteiger partial charge is 0.0642 e. The predicted octanol–water partition coefficient (Wildman–Crippen LogP) is 2.26. The van der Waals surface area contributed by atoms with E-state index in [-0.39, 0.29) is 6.61 Å². The molecule has 31 heavy (non-hydrogen) atoms. The van der Waals surface area contributed by atoms with Crippen molar-refractivity contribution >= 4 is 5.69 Å². The summed E-state index contributed by atoms with van der Waals surface area (Å²) in [7, 11) is 0. The summed E-state index contributed by atoms with van der Waals surface area (Å²) in [5.74, 6) is 0.700. The lowest BCUT2D eigenvalue weighted by molar-refractivity contribution is 0.114. The van der Waals surface area contributed by atoms with Gasteiger partial charge in [0.2, 0.25) is 0 Å². The molecule has 3 aliphatic rings. The molecule has 172 valence electrons. The lowest BCUT2D eigenvalue weighted by Crippen LogP contribution is -2.48. The molecule has 0 atom stereocenters. The predicted molar refractivity (Wildman–Crippen MR) is 127 cm³/mol. The number of hydrogen-bond acceptors (Lipinski definition) is 6. The summed E-state index contributed by atoms with van der Waals surface area (Å²) >= 11 is 0. The second-order valence-electron chi connectivity index (χ2n) is 9.13. The van der Waals surface area contributed by atoms with Crippen LogP contribution in [0.15, 0.2) is 36.0 Å². The first-order chi connectivity index (χ1) is 15.3. The molecule has 0 unspecified atom stereocenters. The number of nitrogens with one attached hydrogen (secondary N) is 1. The fourth-order valence-corrected chi connectivity index (χ4v) is 5.06. The number of aliphatic hydroxyl groups excluding tert-OH is 1. The van der Waals surface area contributed by atoms with E-state index in [4.69, 9.17) is 9.84 Å². The highest BCUT2D eigenvalue weighted by Crippen LogP contribution is 2.35. The number of rotatable bonds is 8. The van der Waals surface area contributed by atoms with Crippen molar-refractivity contribution in [3.63, 3.8) is 0 Å². The highest BCUT2D eigenvalue weighted by molar-refractivity contribution is 5.48. The molecule has 1 aromatic carbocycles. The second kappa shape index (κ2) is 11.9. The molecule has 2 N–H and O–H groups in total. The van der Waals surface area contributed by atoms with Gasteiger partial charge in [0.25, 0.3) is 0 Å². The molecule has 0 spiro atoms. The minimum absolute atomic E-state index is 0.274. The third kappa shape index (κ3) is 6.69. The van der Waals surface area contributed by atoms with E-state index >= 15 is 0 Å². The van der Waals surface area contributed by atoms with Gasteiger partial charge in [0.1, 0.15) is 0 Å². The Bertz CT molecular complexity index is 669. The van der Waals surface area contributed by atoms with E-state index in [2.05, 4.69) is 50.5 Å². The third-order valence-corrected chi connectivity index (χ3v) is 7.13. The maximum atomic E-state index is 9.05. The number of hydrogen-bond donors (Lipinski definition) is 2. The van der Waals surface area contributed by atoms with Gasteiger partial charge >= 0.3 is 0 Å². The molecular formula is C25H40N4O2. The molecule has 0 aromatic heterocycles. The number of benzene rings is 1. The van der Waals surface area contributed by atoms with Crippen molar-refractivity contribution in [2.45, 2.75) is 31.6 Å². The summed E-state index contributed by atoms with van der Waals surface area (Å²) < 4.78 is 5.46. The maximum Gasteiger partial charge on any atom is 0.0642 e. The van der Waals surface area contributed by atoms with Crippen molar-refractivity contribution in [2.24, 2.45) is 0 Å². The summed E-state index contributed by atoms with van der Waals surface area (Å²) in [6.07, 6.45) is 7.24. The Labute approximate surface area is 187 Å². The van der Waals surface area contributed by atoms with Crippen LogP contribution >= 0.6 is 0 Å². The lowest BCUT2D eigenvalue weighted by atomic mass is 9.82. The Morgan fingerprint density at radius 1 is 0.903 bits per heavy atom. The van der Waals surface area contributed by atoms with E-state index in [1.165, 1.54) is 36.9 Å². The molecule has 2 saturated heterocycles. The van der Waals surface area contributed by atoms with Gasteiger partial charge in [-0.2, -0.15) is 0 Å². The van der Waals surface area contributed by atoms with E-state index < -0.39 is 0 Å². The number of aliphatic hydroxyl groups is 1. The molecule has 4 rings (SSSR count). The largest absolute Gasteiger partial charge is 0.395 e. The number of piperazine rings is 1. The van der Waals surface area contributed by atoms with Crippen molar-refractivity contribution < 1.29 is 9.84 Å². The Morgan fingerprint density at radius 3 is 2.19 bits per heavy atom. The zero-order valence-electron chi connectivity index (χ0n) is 19.0. The van der Waals surface area contributed by atoms with Crippen LogP contribution in [0.3, 0.4) is 0 Å². The fourth-order valence-electron chi connectivity index (χ4n) is 5.06. The quantitative estimate of drug-likeness (QED) is 0.620. The number of ether oxygens (including phenoxy) is 1. The van der Waals surface area contributed by atoms with E-state index in [1.807, 2.05) is 0 Å². The third-order valence-electron chi connectivity index (χ3n) is 7.13. The molecule has 3 fully saturated rings. The monoisotopic (exact) mass is 428 g/mol. The molecule has 1 saturated carbocycles. The van der Waals surface area contributed by atoms with Crippen molar-refractivity contribution in [1.82, 2.24) is 15.1 Å². The summed E-state index contributed by atoms with van der Waals surface area (Å²) in [4.78, 5) is 7.30. The SMILES string of the molecule is OCCN1CCN(CCNC=C2CCC(c3ccc(N4CCOCC4)cc3)CC2)CC1. The summed E-state index contributed by atoms with van der Waals surface area (Å²) in [5, 5.41) is 12.6. The molecule has 1 aromatic rings. The number of morpholine rings is 1. The summed E-state index contributed by atoms with van der Waals surface area (Å²) in [6.45, 7) is 11.3. The van der Waals surface area contributed by atoms with Crippen molar-refractivity contribution in [3.8, 4) is 0 Å². The van der Waals surface area contributed by atoms with Crippen LogP contribution in [-0.4, -0.2) is 93.6 Å². The Morgan fingerprint density at radius 2 is 1.55 bits per heavy atom. The summed E-state index contributed by atoms with van der Waals surface area (Å²) in [6, 6.07) is 9.31. The van der Waals surface area contributed by atoms with Gasteiger partial charge < -0.3 is 20.1 Å². The van der Waals surface area contributed by atoms with Crippen LogP contribution in [-0.2, 0) is 4.74 Å². The molecular weight excluding hydrogens is 388 g/mol. The van der Waals surface area contributed by atoms with Crippen molar-refractivity contribution in [3.05, 3.63) is 41.6 Å². The van der Waals surface area contributed by atoms with Crippen LogP contribution in [0.2, 0.25) is 0 Å². The molecule has 0 radical (unpaired) electrons. The maximum absolute atomic E-state index is 9.05. The first-order valence-electron chi connectivity index (χ1n) is 12.2. The normalized spacial score (nSPS) is 23.7. The number of nitrogens with zero attached hydrogens (tertiary/aromatic N) is 3. The zero-order valence-corrected chi connectivity index (χ0v) is 19.0. The Balaban J connectivity index is 1.14. The van der Waals surface area contributed by atoms with Crippen LogP contribution in [0.1, 0.15) is 37.2 Å². The molecule has 0 bridgehead atoms. The average Bonchev–Trinajstić information content (AvgIpc) is 2.84. The van der Waals surface area contributed by atoms with Gasteiger partial charge in [0, 0.05) is 64.6 Å². The molecule has 2 heterocycles. The summed E-state index contributed by atoms with van der Waals surface area (Å²) in [5.41, 5.74) is 4.42. The van der Waals surface area contributed by atoms with Gasteiger partial charge in [0.15, 0.2) is 0 Å². The lowest BCUT2D eigenvalue weighted by Gasteiger charge is -2.34. The van der Waals surface area contributed by atoms with Crippen LogP contribution in [0.5, 0.6) is 0 Å². The zero-order chi connectivity index (χ0) is 21.3. The van der Waals surface area contributed by atoms with E-state index in [1.54, 1.807) is 5.57 Å². The van der Waals surface area contributed by atoms with E-state index in [0.29, 0.717) is 5.92 Å². The van der Waals surface area contributed by atoms with Crippen molar-refractivity contribution in [1.29, 1.82) is 0 Å². The van der Waals surface area contributed by atoms with Crippen LogP contribution in [0.4, 0.5) is 5.69 Å². The molecule has 0 amide bonds. The number of β-amino-alcohol motifs (C(OH)–C–C–N with tert-alkyl or cyclic N) is 1. The van der Waals surface area contributed by atoms with Gasteiger partial charge in [0.05, 0.1) is 19.8 Å². The van der Waals surface area contributed by atoms with E-state index in [9.17, 15) is 0 Å². The van der Waals surface area contributed by atoms with Gasteiger partial charge in [-0.3, -0.25) is 9.80 Å². The Hall–Kier alpha value is -1.60. The molecule has 2 aliphatic heterocycles. The second-order valence-corrected chi connectivity index (χ2v) is 9.13. The van der Waals surface area contributed by atoms with E-state index in [0.717, 1.165) is 72.1 Å². The fraction of sp³-hybridized carbons (Fsp3) is 0.680. The highest BCUT2D eigenvalue weighted by Gasteiger charge is 2.19. The molecule has 6 nitrogen and oxygen atoms in total.